The number of carbonyl (C=O) groups excluding carboxylic acids is 7. The molecule has 0 radical (unpaired) electrons. The highest BCUT2D eigenvalue weighted by atomic mass is 16.5. The van der Waals surface area contributed by atoms with Crippen molar-refractivity contribution in [1.82, 2.24) is 37.2 Å². The number of nitrogens with one attached hydrogen (secondary N) is 7. The second-order valence-corrected chi connectivity index (χ2v) is 13.0. The molecule has 0 bridgehead atoms. The Morgan fingerprint density at radius 2 is 1.45 bits per heavy atom. The van der Waals surface area contributed by atoms with E-state index in [0.29, 0.717) is 5.56 Å². The van der Waals surface area contributed by atoms with Gasteiger partial charge in [-0.3, -0.25) is 43.3 Å². The fraction of sp³-hybridized carbons (Fsp3) is 0.545. The van der Waals surface area contributed by atoms with Crippen LogP contribution in [-0.4, -0.2) is 148 Å². The lowest BCUT2D eigenvalue weighted by Gasteiger charge is -2.42. The van der Waals surface area contributed by atoms with Gasteiger partial charge in [-0.05, 0) is 18.4 Å². The van der Waals surface area contributed by atoms with Crippen molar-refractivity contribution in [2.24, 2.45) is 16.5 Å². The molecule has 2 heterocycles. The van der Waals surface area contributed by atoms with Gasteiger partial charge in [0.25, 0.3) is 0 Å². The first-order chi connectivity index (χ1) is 26.5. The number of amides is 7. The summed E-state index contributed by atoms with van der Waals surface area (Å²) in [5.41, 5.74) is 11.3. The van der Waals surface area contributed by atoms with E-state index < -0.39 is 128 Å². The average molecular weight is 793 g/mol. The number of carboxylic acid groups (broad SMARTS) is 1. The monoisotopic (exact) mass is 792 g/mol. The molecule has 2 fully saturated rings. The van der Waals surface area contributed by atoms with Crippen LogP contribution in [0.4, 0.5) is 0 Å². The van der Waals surface area contributed by atoms with Crippen molar-refractivity contribution in [2.45, 2.75) is 93.8 Å². The molecule has 1 aromatic rings. The number of nitrogens with zero attached hydrogens (tertiary/aromatic N) is 1. The summed E-state index contributed by atoms with van der Waals surface area (Å²) in [4.78, 5) is 108. The molecule has 15 N–H and O–H groups in total. The topological polar surface area (TPSA) is 375 Å². The summed E-state index contributed by atoms with van der Waals surface area (Å²) in [7, 11) is 0. The Hall–Kier alpha value is -5.91. The Balaban J connectivity index is 2.02. The number of hydrogen-bond acceptors (Lipinski definition) is 13. The Bertz CT molecular complexity index is 1630. The fourth-order valence-corrected chi connectivity index (χ4v) is 5.82. The number of guanidine groups is 1. The zero-order valence-electron chi connectivity index (χ0n) is 30.3. The molecule has 0 aliphatic carbocycles. The Kier molecular flexibility index (Phi) is 16.9. The number of aliphatic carboxylic acids is 1. The van der Waals surface area contributed by atoms with E-state index in [1.807, 2.05) is 0 Å². The van der Waals surface area contributed by atoms with E-state index in [4.69, 9.17) is 16.2 Å². The highest BCUT2D eigenvalue weighted by molar-refractivity contribution is 5.99. The van der Waals surface area contributed by atoms with E-state index >= 15 is 0 Å². The number of carbonyl (C=O) groups is 8. The van der Waals surface area contributed by atoms with Crippen LogP contribution in [0.3, 0.4) is 0 Å². The van der Waals surface area contributed by atoms with Gasteiger partial charge in [-0.2, -0.15) is 0 Å². The number of rotatable bonds is 13. The summed E-state index contributed by atoms with van der Waals surface area (Å²) in [5, 5.41) is 56.6. The number of benzene rings is 1. The molecular formula is C33H48N10O13. The van der Waals surface area contributed by atoms with Gasteiger partial charge in [-0.1, -0.05) is 30.3 Å². The maximum Gasteiger partial charge on any atom is 0.305 e. The highest BCUT2D eigenvalue weighted by Gasteiger charge is 2.45. The summed E-state index contributed by atoms with van der Waals surface area (Å²) >= 11 is 0. The lowest BCUT2D eigenvalue weighted by Crippen LogP contribution is -2.68. The standard InChI is InChI=1S/C33H48N10O13/c1-15(45)38-25-27(51)26(50)21(14-44)56-32(25)43-22(46)11-19-30(54)40-17(8-5-9-36-33(34)35)28(52)37-13-23(47)39-20(12-24(48)49)31(55)41-18(29(53)42-19)10-16-6-3-2-4-7-16/h2-4,6-7,17-21,25-27,32,44,50-51H,5,8-14H2,1H3,(H,37,52)(H,38,45)(H,39,47)(H,40,54)(H,41,55)(H,42,53)(H,43,46)(H,48,49)(H4,34,35,36)/t17-,18+,19-,20-,21-,25-,26-,27-,32-/m0/s1. The van der Waals surface area contributed by atoms with E-state index in [0.717, 1.165) is 6.92 Å². The number of aliphatic hydroxyl groups is 3. The molecule has 2 saturated heterocycles. The average Bonchev–Trinajstić information content (AvgIpc) is 3.13. The zero-order chi connectivity index (χ0) is 41.5. The quantitative estimate of drug-likeness (QED) is 0.0502. The molecule has 2 aliphatic rings. The normalized spacial score (nSPS) is 27.7. The van der Waals surface area contributed by atoms with E-state index in [1.54, 1.807) is 30.3 Å². The van der Waals surface area contributed by atoms with Gasteiger partial charge in [0.05, 0.1) is 26.0 Å². The first kappa shape index (κ1) is 44.5. The first-order valence-electron chi connectivity index (χ1n) is 17.5. The second kappa shape index (κ2) is 21.3. The summed E-state index contributed by atoms with van der Waals surface area (Å²) in [6.45, 7) is -0.445. The van der Waals surface area contributed by atoms with Crippen molar-refractivity contribution in [3.05, 3.63) is 35.9 Å². The van der Waals surface area contributed by atoms with Crippen LogP contribution in [-0.2, 0) is 49.5 Å². The highest BCUT2D eigenvalue weighted by Crippen LogP contribution is 2.20. The van der Waals surface area contributed by atoms with Gasteiger partial charge in [-0.15, -0.1) is 0 Å². The largest absolute Gasteiger partial charge is 0.481 e. The first-order valence-corrected chi connectivity index (χ1v) is 17.5. The van der Waals surface area contributed by atoms with Gasteiger partial charge < -0.3 is 73.8 Å². The Morgan fingerprint density at radius 1 is 0.839 bits per heavy atom. The van der Waals surface area contributed by atoms with E-state index in [2.05, 4.69) is 42.2 Å². The van der Waals surface area contributed by atoms with Crippen molar-refractivity contribution >= 4 is 53.3 Å². The number of carboxylic acids is 1. The van der Waals surface area contributed by atoms with Crippen molar-refractivity contribution in [3.8, 4) is 0 Å². The van der Waals surface area contributed by atoms with Crippen LogP contribution in [0.1, 0.15) is 38.2 Å². The van der Waals surface area contributed by atoms with Crippen LogP contribution in [0.15, 0.2) is 35.3 Å². The molecule has 1 aromatic carbocycles. The maximum atomic E-state index is 14.0. The molecule has 23 nitrogen and oxygen atoms in total. The molecule has 56 heavy (non-hydrogen) atoms. The summed E-state index contributed by atoms with van der Waals surface area (Å²) in [6.07, 6.45) is -8.41. The number of aliphatic hydroxyl groups excluding tert-OH is 3. The van der Waals surface area contributed by atoms with Crippen LogP contribution in [0.25, 0.3) is 0 Å². The Labute approximate surface area is 319 Å². The molecule has 0 aromatic heterocycles. The number of hydrogen-bond donors (Lipinski definition) is 13. The predicted octanol–water partition coefficient (Wildman–Crippen LogP) is -6.72. The molecule has 308 valence electrons. The van der Waals surface area contributed by atoms with Crippen molar-refractivity contribution in [2.75, 3.05) is 19.7 Å². The van der Waals surface area contributed by atoms with Gasteiger partial charge in [0, 0.05) is 19.9 Å². The zero-order valence-corrected chi connectivity index (χ0v) is 30.3. The van der Waals surface area contributed by atoms with E-state index in [-0.39, 0.29) is 31.8 Å². The minimum absolute atomic E-state index is 0.0170. The lowest BCUT2D eigenvalue weighted by molar-refractivity contribution is -0.203. The third-order valence-electron chi connectivity index (χ3n) is 8.57. The van der Waals surface area contributed by atoms with Gasteiger partial charge in [0.1, 0.15) is 48.5 Å². The third kappa shape index (κ3) is 13.7. The second-order valence-electron chi connectivity index (χ2n) is 13.0. The number of aliphatic imine (C=N–C) groups is 1. The third-order valence-corrected chi connectivity index (χ3v) is 8.57. The van der Waals surface area contributed by atoms with E-state index in [9.17, 15) is 58.8 Å². The summed E-state index contributed by atoms with van der Waals surface area (Å²) in [6, 6.07) is 0.313. The van der Waals surface area contributed by atoms with Crippen molar-refractivity contribution < 1.29 is 63.5 Å². The lowest BCUT2D eigenvalue weighted by atomic mass is 9.95. The molecule has 0 spiro atoms. The predicted molar refractivity (Wildman–Crippen MR) is 191 cm³/mol. The smallest absolute Gasteiger partial charge is 0.305 e. The number of ether oxygens (including phenoxy) is 1. The van der Waals surface area contributed by atoms with Crippen molar-refractivity contribution in [3.63, 3.8) is 0 Å². The van der Waals surface area contributed by atoms with Crippen molar-refractivity contribution in [1.29, 1.82) is 0 Å². The SMILES string of the molecule is CC(=O)N[C@H]1[C@H](O)[C@@H](O)[C@H](CO)O[C@@H]1NC(=O)C[C@@H]1NC(=O)[C@@H](Cc2ccccc2)NC(=O)[C@H](CC(=O)O)NC(=O)CNC(=O)[C@H](CCCN=C(N)N)NC1=O. The molecule has 2 aliphatic heterocycles. The molecule has 9 atom stereocenters. The fourth-order valence-electron chi connectivity index (χ4n) is 5.82. The molecule has 0 unspecified atom stereocenters. The van der Waals surface area contributed by atoms with Crippen LogP contribution in [0, 0.1) is 0 Å². The van der Waals surface area contributed by atoms with Gasteiger partial charge in [0.2, 0.25) is 41.4 Å². The molecule has 23 heteroatoms. The maximum absolute atomic E-state index is 14.0. The van der Waals surface area contributed by atoms with Crippen LogP contribution in [0.5, 0.6) is 0 Å². The minimum atomic E-state index is -1.81. The summed E-state index contributed by atoms with van der Waals surface area (Å²) < 4.78 is 5.53. The van der Waals surface area contributed by atoms with Gasteiger partial charge in [-0.25, -0.2) is 0 Å². The van der Waals surface area contributed by atoms with Gasteiger partial charge >= 0.3 is 5.97 Å². The Morgan fingerprint density at radius 3 is 2.05 bits per heavy atom. The molecule has 0 saturated carbocycles. The van der Waals surface area contributed by atoms with Gasteiger partial charge in [0.15, 0.2) is 12.2 Å². The van der Waals surface area contributed by atoms with E-state index in [1.165, 1.54) is 0 Å². The summed E-state index contributed by atoms with van der Waals surface area (Å²) in [5.74, 6) is -8.54. The molecule has 3 rings (SSSR count). The molecule has 7 amide bonds. The van der Waals surface area contributed by atoms with Crippen LogP contribution in [0.2, 0.25) is 0 Å². The number of nitrogens with two attached hydrogens (primary N) is 2. The molecular weight excluding hydrogens is 744 g/mol. The minimum Gasteiger partial charge on any atom is -0.481 e. The van der Waals surface area contributed by atoms with Crippen LogP contribution < -0.4 is 48.7 Å². The van der Waals surface area contributed by atoms with Crippen LogP contribution >= 0.6 is 0 Å².